The summed E-state index contributed by atoms with van der Waals surface area (Å²) in [7, 11) is -4.21. The third-order valence-electron chi connectivity index (χ3n) is 2.06. The number of nitrogens with one attached hydrogen (secondary N) is 1. The molecule has 2 rings (SSSR count). The zero-order chi connectivity index (χ0) is 14.9. The van der Waals surface area contributed by atoms with Crippen molar-refractivity contribution in [3.8, 4) is 0 Å². The molecule has 0 saturated heterocycles. The van der Waals surface area contributed by atoms with Gasteiger partial charge in [-0.05, 0) is 6.07 Å². The molecule has 0 aliphatic heterocycles. The lowest BCUT2D eigenvalue weighted by Crippen LogP contribution is -2.14. The van der Waals surface area contributed by atoms with Crippen LogP contribution in [-0.4, -0.2) is 23.5 Å². The largest absolute Gasteiger partial charge is 0.374 e. The summed E-state index contributed by atoms with van der Waals surface area (Å²) in [6.07, 6.45) is 0. The number of aromatic nitrogens is 2. The molecule has 9 nitrogen and oxygen atoms in total. The van der Waals surface area contributed by atoms with Crippen molar-refractivity contribution in [1.29, 1.82) is 0 Å². The van der Waals surface area contributed by atoms with Gasteiger partial charge in [-0.25, -0.2) is 4.39 Å². The van der Waals surface area contributed by atoms with E-state index in [9.17, 15) is 22.9 Å². The van der Waals surface area contributed by atoms with Crippen LogP contribution in [0.2, 0.25) is 0 Å². The molecule has 0 unspecified atom stereocenters. The maximum Gasteiger partial charge on any atom is 0.291 e. The SMILES string of the molecule is Nc1nnc(S(=O)(=O)Nc2cc([N+](=O)[O-])ccc2F)s1. The number of nitrogens with zero attached hydrogens (tertiary/aromatic N) is 3. The predicted octanol–water partition coefficient (Wildman–Crippen LogP) is 0.968. The molecule has 1 heterocycles. The number of rotatable bonds is 4. The van der Waals surface area contributed by atoms with Gasteiger partial charge in [0.05, 0.1) is 10.6 Å². The van der Waals surface area contributed by atoms with E-state index in [1.54, 1.807) is 0 Å². The van der Waals surface area contributed by atoms with Crippen LogP contribution in [0, 0.1) is 15.9 Å². The number of nitrogen functional groups attached to an aromatic ring is 1. The number of benzene rings is 1. The van der Waals surface area contributed by atoms with Crippen molar-refractivity contribution in [3.05, 3.63) is 34.1 Å². The van der Waals surface area contributed by atoms with E-state index in [4.69, 9.17) is 5.73 Å². The summed E-state index contributed by atoms with van der Waals surface area (Å²) in [6, 6.07) is 2.46. The fourth-order valence-electron chi connectivity index (χ4n) is 1.22. The van der Waals surface area contributed by atoms with Crippen molar-refractivity contribution in [2.45, 2.75) is 4.34 Å². The van der Waals surface area contributed by atoms with Crippen molar-refractivity contribution in [2.75, 3.05) is 10.5 Å². The summed E-state index contributed by atoms with van der Waals surface area (Å²) >= 11 is 0.579. The zero-order valence-electron chi connectivity index (χ0n) is 9.48. The van der Waals surface area contributed by atoms with E-state index in [0.29, 0.717) is 11.3 Å². The normalized spacial score (nSPS) is 11.2. The van der Waals surface area contributed by atoms with Crippen LogP contribution >= 0.6 is 11.3 Å². The first-order chi connectivity index (χ1) is 9.29. The van der Waals surface area contributed by atoms with Crippen LogP contribution in [0.1, 0.15) is 0 Å². The molecule has 0 fully saturated rings. The first-order valence-corrected chi connectivity index (χ1v) is 7.15. The van der Waals surface area contributed by atoms with Crippen molar-refractivity contribution in [2.24, 2.45) is 0 Å². The summed E-state index contributed by atoms with van der Waals surface area (Å²) < 4.78 is 38.6. The van der Waals surface area contributed by atoms with Crippen LogP contribution in [-0.2, 0) is 10.0 Å². The van der Waals surface area contributed by atoms with Gasteiger partial charge in [0.15, 0.2) is 0 Å². The van der Waals surface area contributed by atoms with Gasteiger partial charge in [0.25, 0.3) is 20.1 Å². The quantitative estimate of drug-likeness (QED) is 0.631. The van der Waals surface area contributed by atoms with Crippen molar-refractivity contribution in [1.82, 2.24) is 10.2 Å². The highest BCUT2D eigenvalue weighted by molar-refractivity contribution is 7.94. The lowest BCUT2D eigenvalue weighted by molar-refractivity contribution is -0.384. The number of sulfonamides is 1. The Morgan fingerprint density at radius 3 is 2.65 bits per heavy atom. The smallest absolute Gasteiger partial charge is 0.291 e. The highest BCUT2D eigenvalue weighted by atomic mass is 32.2. The van der Waals surface area contributed by atoms with Gasteiger partial charge in [0, 0.05) is 12.1 Å². The molecule has 1 aromatic heterocycles. The Labute approximate surface area is 115 Å². The molecule has 0 atom stereocenters. The van der Waals surface area contributed by atoms with Gasteiger partial charge in [0.1, 0.15) is 5.82 Å². The molecule has 20 heavy (non-hydrogen) atoms. The van der Waals surface area contributed by atoms with Crippen molar-refractivity contribution >= 4 is 37.9 Å². The van der Waals surface area contributed by atoms with Crippen LogP contribution in [0.15, 0.2) is 22.5 Å². The minimum absolute atomic E-state index is 0.0788. The lowest BCUT2D eigenvalue weighted by Gasteiger charge is -2.05. The number of anilines is 2. The van der Waals surface area contributed by atoms with Crippen molar-refractivity contribution < 1.29 is 17.7 Å². The van der Waals surface area contributed by atoms with Gasteiger partial charge in [-0.1, -0.05) is 11.3 Å². The van der Waals surface area contributed by atoms with Crippen LogP contribution < -0.4 is 10.5 Å². The Kier molecular flexibility index (Phi) is 3.50. The Bertz CT molecular complexity index is 775. The summed E-state index contributed by atoms with van der Waals surface area (Å²) in [5.74, 6) is -0.961. The predicted molar refractivity (Wildman–Crippen MR) is 68.2 cm³/mol. The second-order valence-electron chi connectivity index (χ2n) is 3.43. The average Bonchev–Trinajstić information content (AvgIpc) is 2.79. The van der Waals surface area contributed by atoms with Crippen molar-refractivity contribution in [3.63, 3.8) is 0 Å². The number of nitro groups is 1. The van der Waals surface area contributed by atoms with Gasteiger partial charge in [-0.15, -0.1) is 10.2 Å². The fourth-order valence-corrected chi connectivity index (χ4v) is 3.07. The molecule has 0 radical (unpaired) electrons. The molecule has 106 valence electrons. The van der Waals surface area contributed by atoms with E-state index >= 15 is 0 Å². The second-order valence-corrected chi connectivity index (χ2v) is 6.30. The Hall–Kier alpha value is -2.34. The summed E-state index contributed by atoms with van der Waals surface area (Å²) in [4.78, 5) is 9.79. The number of nitro benzene ring substituents is 1. The van der Waals surface area contributed by atoms with Crippen LogP contribution in [0.25, 0.3) is 0 Å². The third-order valence-corrected chi connectivity index (χ3v) is 4.54. The van der Waals surface area contributed by atoms with E-state index < -0.39 is 36.5 Å². The van der Waals surface area contributed by atoms with Gasteiger partial charge in [-0.3, -0.25) is 14.8 Å². The summed E-state index contributed by atoms with van der Waals surface area (Å²) in [6.45, 7) is 0. The molecule has 0 spiro atoms. The molecule has 3 N–H and O–H groups in total. The third kappa shape index (κ3) is 2.80. The molecule has 0 bridgehead atoms. The van der Waals surface area contributed by atoms with Crippen LogP contribution in [0.3, 0.4) is 0 Å². The van der Waals surface area contributed by atoms with E-state index in [2.05, 4.69) is 10.2 Å². The van der Waals surface area contributed by atoms with Gasteiger partial charge < -0.3 is 5.73 Å². The van der Waals surface area contributed by atoms with E-state index in [-0.39, 0.29) is 5.13 Å². The topological polar surface area (TPSA) is 141 Å². The molecule has 1 aromatic carbocycles. The Balaban J connectivity index is 2.39. The van der Waals surface area contributed by atoms with Gasteiger partial charge >= 0.3 is 0 Å². The molecule has 0 saturated carbocycles. The molecular weight excluding hydrogens is 313 g/mol. The average molecular weight is 319 g/mol. The number of hydrogen-bond donors (Lipinski definition) is 2. The number of non-ortho nitro benzene ring substituents is 1. The van der Waals surface area contributed by atoms with E-state index in [1.165, 1.54) is 0 Å². The number of nitrogens with two attached hydrogens (primary N) is 1. The number of hydrogen-bond acceptors (Lipinski definition) is 8. The first kappa shape index (κ1) is 14.1. The van der Waals surface area contributed by atoms with Gasteiger partial charge in [-0.2, -0.15) is 8.42 Å². The highest BCUT2D eigenvalue weighted by Gasteiger charge is 2.22. The molecule has 0 amide bonds. The van der Waals surface area contributed by atoms with E-state index in [1.807, 2.05) is 4.72 Å². The Morgan fingerprint density at radius 2 is 2.10 bits per heavy atom. The zero-order valence-corrected chi connectivity index (χ0v) is 11.1. The highest BCUT2D eigenvalue weighted by Crippen LogP contribution is 2.25. The minimum atomic E-state index is -4.21. The first-order valence-electron chi connectivity index (χ1n) is 4.85. The monoisotopic (exact) mass is 319 g/mol. The maximum atomic E-state index is 13.5. The van der Waals surface area contributed by atoms with Crippen LogP contribution in [0.5, 0.6) is 0 Å². The number of halogens is 1. The molecular formula is C8H6FN5O4S2. The van der Waals surface area contributed by atoms with Gasteiger partial charge in [0.2, 0.25) is 5.13 Å². The van der Waals surface area contributed by atoms with E-state index in [0.717, 1.165) is 18.2 Å². The lowest BCUT2D eigenvalue weighted by atomic mass is 10.3. The summed E-state index contributed by atoms with van der Waals surface area (Å²) in [5, 5.41) is 17.1. The maximum absolute atomic E-state index is 13.5. The molecule has 0 aliphatic carbocycles. The molecule has 12 heteroatoms. The second kappa shape index (κ2) is 4.97. The standard InChI is InChI=1S/C8H6FN5O4S2/c9-5-2-1-4(14(15)16)3-6(5)13-20(17,18)8-12-11-7(10)19-8/h1-3,13H,(H2,10,11). The Morgan fingerprint density at radius 1 is 1.40 bits per heavy atom. The summed E-state index contributed by atoms with van der Waals surface area (Å²) in [5.41, 5.74) is 4.23. The minimum Gasteiger partial charge on any atom is -0.374 e. The molecule has 0 aliphatic rings. The molecule has 2 aromatic rings. The fraction of sp³-hybridized carbons (Fsp3) is 0. The van der Waals surface area contributed by atoms with Crippen LogP contribution in [0.4, 0.5) is 20.9 Å².